The Morgan fingerprint density at radius 3 is 2.56 bits per heavy atom. The highest BCUT2D eigenvalue weighted by Gasteiger charge is 2.27. The van der Waals surface area contributed by atoms with Crippen molar-refractivity contribution >= 4 is 22.1 Å². The van der Waals surface area contributed by atoms with E-state index in [1.54, 1.807) is 7.05 Å². The van der Waals surface area contributed by atoms with Crippen LogP contribution in [0.15, 0.2) is 4.99 Å². The van der Waals surface area contributed by atoms with E-state index >= 15 is 0 Å². The van der Waals surface area contributed by atoms with Gasteiger partial charge < -0.3 is 20.3 Å². The molecule has 3 N–H and O–H groups in total. The van der Waals surface area contributed by atoms with Crippen LogP contribution in [0.25, 0.3) is 0 Å². The molecule has 146 valence electrons. The second kappa shape index (κ2) is 9.23. The van der Waals surface area contributed by atoms with Gasteiger partial charge in [-0.3, -0.25) is 4.99 Å². The number of hydrogen-bond donors (Lipinski definition) is 3. The fourth-order valence-electron chi connectivity index (χ4n) is 2.42. The Bertz CT molecular complexity index is 571. The SMILES string of the molecule is CN=C(NCCCNS(C)(=O)=O)N1CCC(NC(=O)OC(C)(C)C)C1. The number of carbonyl (C=O) groups excluding carboxylic acids is 1. The minimum absolute atomic E-state index is 0.0142. The predicted octanol–water partition coefficient (Wildman–Crippen LogP) is 0.100. The molecule has 10 heteroatoms. The number of alkyl carbamates (subject to hydrolysis) is 1. The van der Waals surface area contributed by atoms with Crippen molar-refractivity contribution in [2.45, 2.75) is 45.3 Å². The van der Waals surface area contributed by atoms with Gasteiger partial charge in [0.15, 0.2) is 5.96 Å². The Labute approximate surface area is 150 Å². The van der Waals surface area contributed by atoms with Crippen LogP contribution >= 0.6 is 0 Å². The lowest BCUT2D eigenvalue weighted by Crippen LogP contribution is -2.44. The Balaban J connectivity index is 2.34. The Morgan fingerprint density at radius 1 is 1.32 bits per heavy atom. The van der Waals surface area contributed by atoms with Crippen LogP contribution in [0.5, 0.6) is 0 Å². The molecule has 1 aliphatic rings. The fourth-order valence-corrected chi connectivity index (χ4v) is 2.94. The monoisotopic (exact) mass is 377 g/mol. The Hall–Kier alpha value is -1.55. The topological polar surface area (TPSA) is 112 Å². The summed E-state index contributed by atoms with van der Waals surface area (Å²) in [6.07, 6.45) is 2.20. The maximum Gasteiger partial charge on any atom is 0.407 e. The summed E-state index contributed by atoms with van der Waals surface area (Å²) in [6.45, 7) is 7.91. The summed E-state index contributed by atoms with van der Waals surface area (Å²) in [5, 5.41) is 6.08. The van der Waals surface area contributed by atoms with Gasteiger partial charge in [-0.05, 0) is 33.6 Å². The smallest absolute Gasteiger partial charge is 0.407 e. The molecule has 25 heavy (non-hydrogen) atoms. The summed E-state index contributed by atoms with van der Waals surface area (Å²) in [4.78, 5) is 18.1. The van der Waals surface area contributed by atoms with E-state index in [1.165, 1.54) is 0 Å². The van der Waals surface area contributed by atoms with E-state index in [0.29, 0.717) is 26.1 Å². The number of nitrogens with one attached hydrogen (secondary N) is 3. The number of likely N-dealkylation sites (tertiary alicyclic amines) is 1. The molecule has 9 nitrogen and oxygen atoms in total. The van der Waals surface area contributed by atoms with Crippen molar-refractivity contribution in [1.29, 1.82) is 0 Å². The first kappa shape index (κ1) is 21.5. The minimum atomic E-state index is -3.15. The van der Waals surface area contributed by atoms with Crippen LogP contribution in [0.2, 0.25) is 0 Å². The van der Waals surface area contributed by atoms with Gasteiger partial charge in [-0.15, -0.1) is 0 Å². The molecule has 1 saturated heterocycles. The number of guanidine groups is 1. The summed E-state index contributed by atoms with van der Waals surface area (Å²) < 4.78 is 29.7. The summed E-state index contributed by atoms with van der Waals surface area (Å²) in [6, 6.07) is 0.0142. The number of hydrogen-bond acceptors (Lipinski definition) is 5. The van der Waals surface area contributed by atoms with Gasteiger partial charge >= 0.3 is 6.09 Å². The number of carbonyl (C=O) groups is 1. The van der Waals surface area contributed by atoms with Gasteiger partial charge in [0, 0.05) is 33.2 Å². The van der Waals surface area contributed by atoms with Crippen LogP contribution in [0.4, 0.5) is 4.79 Å². The van der Waals surface area contributed by atoms with Crippen molar-refractivity contribution < 1.29 is 17.9 Å². The van der Waals surface area contributed by atoms with E-state index in [-0.39, 0.29) is 6.04 Å². The van der Waals surface area contributed by atoms with Crippen LogP contribution in [0.3, 0.4) is 0 Å². The number of sulfonamides is 1. The molecule has 1 heterocycles. The summed E-state index contributed by atoms with van der Waals surface area (Å²) in [7, 11) is -1.45. The molecule has 0 radical (unpaired) electrons. The van der Waals surface area contributed by atoms with Crippen molar-refractivity contribution in [2.75, 3.05) is 39.5 Å². The molecule has 1 fully saturated rings. The zero-order valence-electron chi connectivity index (χ0n) is 15.8. The number of nitrogens with zero attached hydrogens (tertiary/aromatic N) is 2. The molecule has 0 bridgehead atoms. The van der Waals surface area contributed by atoms with E-state index in [1.807, 2.05) is 20.8 Å². The average Bonchev–Trinajstić information content (AvgIpc) is 2.87. The number of aliphatic imine (C=N–C) groups is 1. The molecule has 1 aliphatic heterocycles. The highest BCUT2D eigenvalue weighted by Crippen LogP contribution is 2.11. The second-order valence-electron chi connectivity index (χ2n) is 7.07. The highest BCUT2D eigenvalue weighted by atomic mass is 32.2. The maximum absolute atomic E-state index is 11.8. The summed E-state index contributed by atoms with van der Waals surface area (Å²) in [5.74, 6) is 0.743. The molecule has 0 aliphatic carbocycles. The Morgan fingerprint density at radius 2 is 2.00 bits per heavy atom. The second-order valence-corrected chi connectivity index (χ2v) is 8.90. The Kier molecular flexibility index (Phi) is 7.94. The van der Waals surface area contributed by atoms with Crippen molar-refractivity contribution in [2.24, 2.45) is 4.99 Å². The molecule has 0 aromatic rings. The molecule has 1 unspecified atom stereocenters. The zero-order chi connectivity index (χ0) is 19.1. The molecule has 1 atom stereocenters. The third kappa shape index (κ3) is 9.49. The summed E-state index contributed by atoms with van der Waals surface area (Å²) in [5.41, 5.74) is -0.514. The first-order valence-electron chi connectivity index (χ1n) is 8.40. The van der Waals surface area contributed by atoms with E-state index in [4.69, 9.17) is 4.74 Å². The number of ether oxygens (including phenoxy) is 1. The van der Waals surface area contributed by atoms with Crippen molar-refractivity contribution in [3.63, 3.8) is 0 Å². The van der Waals surface area contributed by atoms with Gasteiger partial charge in [-0.25, -0.2) is 17.9 Å². The van der Waals surface area contributed by atoms with Crippen LogP contribution in [0.1, 0.15) is 33.6 Å². The number of rotatable bonds is 6. The maximum atomic E-state index is 11.8. The predicted molar refractivity (Wildman–Crippen MR) is 98.2 cm³/mol. The zero-order valence-corrected chi connectivity index (χ0v) is 16.6. The van der Waals surface area contributed by atoms with Gasteiger partial charge in [0.25, 0.3) is 0 Å². The van der Waals surface area contributed by atoms with Gasteiger partial charge in [-0.1, -0.05) is 0 Å². The third-order valence-corrected chi connectivity index (χ3v) is 4.15. The molecule has 1 amide bonds. The first-order chi connectivity index (χ1) is 11.5. The minimum Gasteiger partial charge on any atom is -0.444 e. The van der Waals surface area contributed by atoms with Gasteiger partial charge in [0.05, 0.1) is 12.3 Å². The normalized spacial score (nSPS) is 19.0. The van der Waals surface area contributed by atoms with Crippen LogP contribution < -0.4 is 15.4 Å². The molecule has 0 aromatic carbocycles. The van der Waals surface area contributed by atoms with Gasteiger partial charge in [-0.2, -0.15) is 0 Å². The van der Waals surface area contributed by atoms with Crippen LogP contribution in [-0.4, -0.2) is 76.5 Å². The van der Waals surface area contributed by atoms with E-state index in [2.05, 4.69) is 25.2 Å². The largest absolute Gasteiger partial charge is 0.444 e. The van der Waals surface area contributed by atoms with Gasteiger partial charge in [0.1, 0.15) is 5.60 Å². The van der Waals surface area contributed by atoms with E-state index in [0.717, 1.165) is 25.2 Å². The van der Waals surface area contributed by atoms with E-state index < -0.39 is 21.7 Å². The molecule has 0 saturated carbocycles. The first-order valence-corrected chi connectivity index (χ1v) is 10.3. The average molecular weight is 378 g/mol. The molecule has 0 aromatic heterocycles. The molecular weight excluding hydrogens is 346 g/mol. The van der Waals surface area contributed by atoms with Crippen LogP contribution in [-0.2, 0) is 14.8 Å². The lowest BCUT2D eigenvalue weighted by atomic mass is 10.2. The molecular formula is C15H31N5O4S. The molecule has 0 spiro atoms. The quantitative estimate of drug-likeness (QED) is 0.344. The van der Waals surface area contributed by atoms with Crippen molar-refractivity contribution in [1.82, 2.24) is 20.3 Å². The van der Waals surface area contributed by atoms with E-state index in [9.17, 15) is 13.2 Å². The third-order valence-electron chi connectivity index (χ3n) is 3.42. The van der Waals surface area contributed by atoms with Crippen molar-refractivity contribution in [3.05, 3.63) is 0 Å². The van der Waals surface area contributed by atoms with Gasteiger partial charge in [0.2, 0.25) is 10.0 Å². The fraction of sp³-hybridized carbons (Fsp3) is 0.867. The lowest BCUT2D eigenvalue weighted by molar-refractivity contribution is 0.0507. The van der Waals surface area contributed by atoms with Crippen LogP contribution in [0, 0.1) is 0 Å². The van der Waals surface area contributed by atoms with Crippen molar-refractivity contribution in [3.8, 4) is 0 Å². The number of amides is 1. The standard InChI is InChI=1S/C15H31N5O4S/c1-15(2,3)24-14(21)19-12-7-10-20(11-12)13(16-4)17-8-6-9-18-25(5,22)23/h12,18H,6-11H2,1-5H3,(H,16,17)(H,19,21). The lowest BCUT2D eigenvalue weighted by Gasteiger charge is -2.23. The molecule has 1 rings (SSSR count). The highest BCUT2D eigenvalue weighted by molar-refractivity contribution is 7.88. The summed E-state index contributed by atoms with van der Waals surface area (Å²) >= 11 is 0.